The molecule has 1 fully saturated rings. The van der Waals surface area contributed by atoms with Crippen molar-refractivity contribution in [2.75, 3.05) is 26.7 Å². The summed E-state index contributed by atoms with van der Waals surface area (Å²) in [5.74, 6) is 0.597. The smallest absolute Gasteiger partial charge is 0.253 e. The van der Waals surface area contributed by atoms with E-state index in [1.165, 1.54) is 6.07 Å². The number of halogens is 2. The Bertz CT molecular complexity index is 893. The molecule has 2 aromatic rings. The van der Waals surface area contributed by atoms with Gasteiger partial charge >= 0.3 is 0 Å². The molecule has 2 N–H and O–H groups in total. The maximum absolute atomic E-state index is 14.2. The molecule has 0 aromatic heterocycles. The van der Waals surface area contributed by atoms with Crippen molar-refractivity contribution in [2.45, 2.75) is 38.6 Å². The minimum atomic E-state index is -0.143. The number of carbonyl (C=O) groups excluding carboxylic acids is 1. The van der Waals surface area contributed by atoms with Crippen molar-refractivity contribution < 1.29 is 9.18 Å². The molecule has 0 unspecified atom stereocenters. The van der Waals surface area contributed by atoms with Crippen LogP contribution in [0.5, 0.6) is 0 Å². The van der Waals surface area contributed by atoms with Gasteiger partial charge in [-0.3, -0.25) is 9.79 Å². The van der Waals surface area contributed by atoms with E-state index in [1.54, 1.807) is 13.1 Å². The minimum absolute atomic E-state index is 0. The number of aliphatic imine (C=N–C) groups is 1. The highest BCUT2D eigenvalue weighted by molar-refractivity contribution is 14.0. The molecule has 0 bridgehead atoms. The van der Waals surface area contributed by atoms with Crippen LogP contribution in [-0.4, -0.2) is 43.4 Å². The van der Waals surface area contributed by atoms with Gasteiger partial charge in [0.1, 0.15) is 5.82 Å². The van der Waals surface area contributed by atoms with Crippen LogP contribution in [0.1, 0.15) is 48.2 Å². The lowest BCUT2D eigenvalue weighted by Gasteiger charge is -2.20. The van der Waals surface area contributed by atoms with Crippen molar-refractivity contribution in [3.05, 3.63) is 71.0 Å². The lowest BCUT2D eigenvalue weighted by Crippen LogP contribution is -2.41. The highest BCUT2D eigenvalue weighted by atomic mass is 127. The Morgan fingerprint density at radius 2 is 1.71 bits per heavy atom. The molecule has 0 aliphatic heterocycles. The molecule has 5 nitrogen and oxygen atoms in total. The summed E-state index contributed by atoms with van der Waals surface area (Å²) in [5, 5.41) is 6.64. The second-order valence-electron chi connectivity index (χ2n) is 7.71. The third-order valence-electron chi connectivity index (χ3n) is 5.83. The number of hydrogen-bond donors (Lipinski definition) is 2. The molecule has 0 heterocycles. The molecule has 0 atom stereocenters. The molecular weight excluding hydrogens is 506 g/mol. The number of nitrogens with one attached hydrogen (secondary N) is 2. The second-order valence-corrected chi connectivity index (χ2v) is 7.71. The van der Waals surface area contributed by atoms with E-state index in [0.29, 0.717) is 37.7 Å². The zero-order valence-corrected chi connectivity index (χ0v) is 20.8. The fraction of sp³-hybridized carbons (Fsp3) is 0.417. The van der Waals surface area contributed by atoms with Crippen LogP contribution in [0.3, 0.4) is 0 Å². The van der Waals surface area contributed by atoms with E-state index in [1.807, 2.05) is 55.1 Å². The van der Waals surface area contributed by atoms with Crippen LogP contribution in [0.4, 0.5) is 4.39 Å². The molecule has 31 heavy (non-hydrogen) atoms. The molecule has 7 heteroatoms. The highest BCUT2D eigenvalue weighted by Crippen LogP contribution is 2.48. The maximum atomic E-state index is 14.2. The number of guanidine groups is 1. The molecule has 0 saturated heterocycles. The van der Waals surface area contributed by atoms with Gasteiger partial charge in [0.15, 0.2) is 5.96 Å². The Labute approximate surface area is 201 Å². The summed E-state index contributed by atoms with van der Waals surface area (Å²) in [5.41, 5.74) is 2.39. The van der Waals surface area contributed by atoms with E-state index in [2.05, 4.69) is 15.6 Å². The molecule has 0 spiro atoms. The van der Waals surface area contributed by atoms with E-state index in [-0.39, 0.29) is 41.1 Å². The van der Waals surface area contributed by atoms with Gasteiger partial charge in [0.05, 0.1) is 0 Å². The zero-order valence-electron chi connectivity index (χ0n) is 18.5. The Morgan fingerprint density at radius 1 is 1.06 bits per heavy atom. The maximum Gasteiger partial charge on any atom is 0.253 e. The monoisotopic (exact) mass is 538 g/mol. The summed E-state index contributed by atoms with van der Waals surface area (Å²) >= 11 is 0. The second kappa shape index (κ2) is 11.5. The summed E-state index contributed by atoms with van der Waals surface area (Å²) in [6, 6.07) is 14.7. The third kappa shape index (κ3) is 6.18. The van der Waals surface area contributed by atoms with Gasteiger partial charge < -0.3 is 15.5 Å². The Kier molecular flexibility index (Phi) is 9.28. The Hall–Kier alpha value is -2.16. The first-order valence-electron chi connectivity index (χ1n) is 10.6. The third-order valence-corrected chi connectivity index (χ3v) is 5.83. The van der Waals surface area contributed by atoms with Crippen molar-refractivity contribution in [2.24, 2.45) is 4.99 Å². The number of hydrogen-bond acceptors (Lipinski definition) is 2. The predicted octanol–water partition coefficient (Wildman–Crippen LogP) is 4.32. The average molecular weight is 538 g/mol. The summed E-state index contributed by atoms with van der Waals surface area (Å²) in [6.45, 7) is 6.60. The van der Waals surface area contributed by atoms with Crippen molar-refractivity contribution in [3.8, 4) is 0 Å². The molecule has 1 aliphatic carbocycles. The van der Waals surface area contributed by atoms with Crippen LogP contribution in [0.15, 0.2) is 53.5 Å². The standard InChI is InChI=1S/C24H31FN4O.HI/c1-4-29(5-2)22(30)19-12-10-18(11-13-19)16-27-23(26-3)28-17-24(14-15-24)20-8-6-7-9-21(20)25;/h6-13H,4-5,14-17H2,1-3H3,(H2,26,27,28);1H. The first-order valence-corrected chi connectivity index (χ1v) is 10.6. The number of amides is 1. The lowest BCUT2D eigenvalue weighted by molar-refractivity contribution is 0.0773. The SMILES string of the molecule is CCN(CC)C(=O)c1ccc(CNC(=NC)NCC2(c3ccccc3F)CC2)cc1.I. The van der Waals surface area contributed by atoms with Crippen LogP contribution in [0.25, 0.3) is 0 Å². The zero-order chi connectivity index (χ0) is 21.6. The van der Waals surface area contributed by atoms with Crippen LogP contribution in [0.2, 0.25) is 0 Å². The van der Waals surface area contributed by atoms with Crippen molar-refractivity contribution >= 4 is 35.8 Å². The molecule has 3 rings (SSSR count). The van der Waals surface area contributed by atoms with Gasteiger partial charge in [-0.1, -0.05) is 30.3 Å². The predicted molar refractivity (Wildman–Crippen MR) is 135 cm³/mol. The van der Waals surface area contributed by atoms with Gasteiger partial charge in [0, 0.05) is 44.2 Å². The van der Waals surface area contributed by atoms with E-state index in [4.69, 9.17) is 0 Å². The minimum Gasteiger partial charge on any atom is -0.356 e. The molecule has 1 saturated carbocycles. The normalized spacial score (nSPS) is 14.4. The summed E-state index contributed by atoms with van der Waals surface area (Å²) in [7, 11) is 1.73. The molecular formula is C24H32FIN4O. The van der Waals surface area contributed by atoms with E-state index >= 15 is 0 Å². The fourth-order valence-electron chi connectivity index (χ4n) is 3.70. The highest BCUT2D eigenvalue weighted by Gasteiger charge is 2.45. The first-order chi connectivity index (χ1) is 14.5. The fourth-order valence-corrected chi connectivity index (χ4v) is 3.70. The average Bonchev–Trinajstić information content (AvgIpc) is 3.56. The Balaban J connectivity index is 0.00000341. The number of nitrogens with zero attached hydrogens (tertiary/aromatic N) is 2. The van der Waals surface area contributed by atoms with Crippen LogP contribution >= 0.6 is 24.0 Å². The van der Waals surface area contributed by atoms with Gasteiger partial charge in [-0.15, -0.1) is 24.0 Å². The quantitative estimate of drug-likeness (QED) is 0.299. The van der Waals surface area contributed by atoms with Crippen LogP contribution in [-0.2, 0) is 12.0 Å². The Morgan fingerprint density at radius 3 is 2.26 bits per heavy atom. The van der Waals surface area contributed by atoms with E-state index in [0.717, 1.165) is 24.0 Å². The van der Waals surface area contributed by atoms with Crippen molar-refractivity contribution in [1.82, 2.24) is 15.5 Å². The van der Waals surface area contributed by atoms with E-state index < -0.39 is 0 Å². The number of benzene rings is 2. The summed E-state index contributed by atoms with van der Waals surface area (Å²) in [6.07, 6.45) is 1.94. The topological polar surface area (TPSA) is 56.7 Å². The first kappa shape index (κ1) is 25.1. The molecule has 168 valence electrons. The largest absolute Gasteiger partial charge is 0.356 e. The summed E-state index contributed by atoms with van der Waals surface area (Å²) < 4.78 is 14.2. The summed E-state index contributed by atoms with van der Waals surface area (Å²) in [4.78, 5) is 18.5. The lowest BCUT2D eigenvalue weighted by atomic mass is 9.95. The van der Waals surface area contributed by atoms with Gasteiger partial charge in [-0.25, -0.2) is 4.39 Å². The van der Waals surface area contributed by atoms with Gasteiger partial charge in [0.25, 0.3) is 5.91 Å². The van der Waals surface area contributed by atoms with Gasteiger partial charge in [-0.05, 0) is 56.0 Å². The van der Waals surface area contributed by atoms with Gasteiger partial charge in [-0.2, -0.15) is 0 Å². The van der Waals surface area contributed by atoms with E-state index in [9.17, 15) is 9.18 Å². The number of rotatable bonds is 8. The molecule has 1 amide bonds. The molecule has 2 aromatic carbocycles. The van der Waals surface area contributed by atoms with Crippen molar-refractivity contribution in [3.63, 3.8) is 0 Å². The van der Waals surface area contributed by atoms with Crippen LogP contribution in [0, 0.1) is 5.82 Å². The molecule has 0 radical (unpaired) electrons. The number of carbonyl (C=O) groups is 1. The molecule has 1 aliphatic rings. The van der Waals surface area contributed by atoms with Crippen molar-refractivity contribution in [1.29, 1.82) is 0 Å². The van der Waals surface area contributed by atoms with Crippen LogP contribution < -0.4 is 10.6 Å². The van der Waals surface area contributed by atoms with Gasteiger partial charge in [0.2, 0.25) is 0 Å².